The summed E-state index contributed by atoms with van der Waals surface area (Å²) >= 11 is 0. The van der Waals surface area contributed by atoms with Crippen molar-refractivity contribution in [3.63, 3.8) is 0 Å². The third-order valence-electron chi connectivity index (χ3n) is 7.18. The van der Waals surface area contributed by atoms with Gasteiger partial charge in [-0.1, -0.05) is 18.2 Å². The van der Waals surface area contributed by atoms with Crippen LogP contribution >= 0.6 is 0 Å². The van der Waals surface area contributed by atoms with E-state index in [2.05, 4.69) is 0 Å². The Morgan fingerprint density at radius 3 is 2.29 bits per heavy atom. The maximum atomic E-state index is 13.9. The first kappa shape index (κ1) is 25.4. The molecule has 0 saturated heterocycles. The third kappa shape index (κ3) is 4.38. The maximum Gasteiger partial charge on any atom is 0.290 e. The zero-order valence-corrected chi connectivity index (χ0v) is 22.3. The number of nitrogens with zero attached hydrogens (tertiary/aromatic N) is 1. The number of benzene rings is 3. The van der Waals surface area contributed by atoms with Gasteiger partial charge in [-0.3, -0.25) is 9.59 Å². The molecule has 3 aromatic carbocycles. The molecule has 0 radical (unpaired) electrons. The Labute approximate surface area is 221 Å². The van der Waals surface area contributed by atoms with E-state index in [0.717, 1.165) is 28.0 Å². The van der Waals surface area contributed by atoms with Crippen molar-refractivity contribution in [1.29, 1.82) is 0 Å². The summed E-state index contributed by atoms with van der Waals surface area (Å²) in [5.41, 5.74) is 4.43. The number of methoxy groups -OCH3 is 2. The lowest BCUT2D eigenvalue weighted by Crippen LogP contribution is -2.31. The molecule has 5 rings (SSSR count). The molecule has 2 heterocycles. The molecule has 38 heavy (non-hydrogen) atoms. The molecule has 0 spiro atoms. The normalized spacial score (nSPS) is 14.6. The van der Waals surface area contributed by atoms with Gasteiger partial charge in [-0.25, -0.2) is 0 Å². The van der Waals surface area contributed by atoms with Gasteiger partial charge in [0, 0.05) is 6.54 Å². The number of aryl methyl sites for hydroxylation is 2. The molecule has 7 nitrogen and oxygen atoms in total. The Balaban J connectivity index is 1.59. The van der Waals surface area contributed by atoms with Crippen molar-refractivity contribution in [3.05, 3.63) is 98.4 Å². The number of carbonyl (C=O) groups is 1. The Hall–Kier alpha value is -4.26. The molecule has 0 fully saturated rings. The Bertz CT molecular complexity index is 1570. The standard InChI is InChI=1S/C31H31NO6/c1-6-37-22-10-8-21(9-11-22)28-27-29(33)23-15-18(2)19(3)16-25(23)38-30(27)31(34)32(28)14-13-20-7-12-24(35-4)26(17-20)36-5/h7-12,15-17,28H,6,13-14H2,1-5H3. The van der Waals surface area contributed by atoms with Gasteiger partial charge in [-0.15, -0.1) is 0 Å². The molecule has 1 aliphatic heterocycles. The second-order valence-corrected chi connectivity index (χ2v) is 9.45. The molecule has 0 N–H and O–H groups in total. The molecular formula is C31H31NO6. The summed E-state index contributed by atoms with van der Waals surface area (Å²) in [6, 6.07) is 16.4. The highest BCUT2D eigenvalue weighted by Gasteiger charge is 2.42. The molecule has 1 amide bonds. The third-order valence-corrected chi connectivity index (χ3v) is 7.18. The zero-order chi connectivity index (χ0) is 27.0. The summed E-state index contributed by atoms with van der Waals surface area (Å²) in [5, 5.41) is 0.484. The molecule has 0 aliphatic carbocycles. The minimum absolute atomic E-state index is 0.108. The highest BCUT2D eigenvalue weighted by atomic mass is 16.5. The lowest BCUT2D eigenvalue weighted by molar-refractivity contribution is 0.0730. The highest BCUT2D eigenvalue weighted by Crippen LogP contribution is 2.39. The van der Waals surface area contributed by atoms with E-state index in [1.165, 1.54) is 0 Å². The fraction of sp³-hybridized carbons (Fsp3) is 0.290. The number of hydrogen-bond donors (Lipinski definition) is 0. The molecule has 1 aliphatic rings. The molecule has 1 aromatic heterocycles. The minimum atomic E-state index is -0.574. The fourth-order valence-corrected chi connectivity index (χ4v) is 5.05. The van der Waals surface area contributed by atoms with Crippen LogP contribution in [-0.4, -0.2) is 38.2 Å². The highest BCUT2D eigenvalue weighted by molar-refractivity contribution is 5.99. The Morgan fingerprint density at radius 2 is 1.61 bits per heavy atom. The van der Waals surface area contributed by atoms with Crippen LogP contribution in [0.2, 0.25) is 0 Å². The minimum Gasteiger partial charge on any atom is -0.494 e. The summed E-state index contributed by atoms with van der Waals surface area (Å²) in [6.07, 6.45) is 0.555. The quantitative estimate of drug-likeness (QED) is 0.305. The lowest BCUT2D eigenvalue weighted by atomic mass is 9.97. The molecule has 4 aromatic rings. The molecular weight excluding hydrogens is 482 g/mol. The van der Waals surface area contributed by atoms with Gasteiger partial charge < -0.3 is 23.5 Å². The molecule has 7 heteroatoms. The average molecular weight is 514 g/mol. The largest absolute Gasteiger partial charge is 0.494 e. The van der Waals surface area contributed by atoms with Gasteiger partial charge in [0.2, 0.25) is 5.76 Å². The SMILES string of the molecule is CCOc1ccc(C2c3c(oc4cc(C)c(C)cc4c3=O)C(=O)N2CCc2ccc(OC)c(OC)c2)cc1. The van der Waals surface area contributed by atoms with Crippen molar-refractivity contribution in [2.75, 3.05) is 27.4 Å². The van der Waals surface area contributed by atoms with Gasteiger partial charge >= 0.3 is 0 Å². The molecule has 0 saturated carbocycles. The van der Waals surface area contributed by atoms with Gasteiger partial charge in [0.15, 0.2) is 16.9 Å². The molecule has 1 unspecified atom stereocenters. The first-order chi connectivity index (χ1) is 18.4. The van der Waals surface area contributed by atoms with Crippen LogP contribution in [0.4, 0.5) is 0 Å². The molecule has 1 atom stereocenters. The summed E-state index contributed by atoms with van der Waals surface area (Å²) < 4.78 is 22.6. The summed E-state index contributed by atoms with van der Waals surface area (Å²) in [5.74, 6) is 1.81. The van der Waals surface area contributed by atoms with E-state index in [9.17, 15) is 9.59 Å². The van der Waals surface area contributed by atoms with Crippen LogP contribution in [0.3, 0.4) is 0 Å². The maximum absolute atomic E-state index is 13.9. The van der Waals surface area contributed by atoms with Crippen molar-refractivity contribution >= 4 is 16.9 Å². The van der Waals surface area contributed by atoms with Gasteiger partial charge in [-0.05, 0) is 85.8 Å². The summed E-state index contributed by atoms with van der Waals surface area (Å²) in [4.78, 5) is 29.4. The predicted molar refractivity (Wildman–Crippen MR) is 146 cm³/mol. The Morgan fingerprint density at radius 1 is 0.895 bits per heavy atom. The number of rotatable bonds is 8. The Kier molecular flexibility index (Phi) is 6.85. The van der Waals surface area contributed by atoms with Gasteiger partial charge in [0.25, 0.3) is 5.91 Å². The topological polar surface area (TPSA) is 78.2 Å². The van der Waals surface area contributed by atoms with Gasteiger partial charge in [0.1, 0.15) is 11.3 Å². The first-order valence-corrected chi connectivity index (χ1v) is 12.7. The van der Waals surface area contributed by atoms with E-state index < -0.39 is 6.04 Å². The van der Waals surface area contributed by atoms with Gasteiger partial charge in [-0.2, -0.15) is 0 Å². The molecule has 0 bridgehead atoms. The van der Waals surface area contributed by atoms with Crippen LogP contribution in [0.1, 0.15) is 51.3 Å². The number of fused-ring (bicyclic) bond motifs is 2. The van der Waals surface area contributed by atoms with E-state index in [1.54, 1.807) is 19.1 Å². The summed E-state index contributed by atoms with van der Waals surface area (Å²) in [6.45, 7) is 6.78. The van der Waals surface area contributed by atoms with Crippen molar-refractivity contribution < 1.29 is 23.4 Å². The lowest BCUT2D eigenvalue weighted by Gasteiger charge is -2.25. The number of amides is 1. The van der Waals surface area contributed by atoms with Crippen LogP contribution in [0.25, 0.3) is 11.0 Å². The average Bonchev–Trinajstić information content (AvgIpc) is 3.20. The van der Waals surface area contributed by atoms with E-state index in [4.69, 9.17) is 18.6 Å². The van der Waals surface area contributed by atoms with Gasteiger partial charge in [0.05, 0.1) is 37.8 Å². The smallest absolute Gasteiger partial charge is 0.290 e. The molecule has 196 valence electrons. The number of hydrogen-bond acceptors (Lipinski definition) is 6. The van der Waals surface area contributed by atoms with Crippen LogP contribution in [-0.2, 0) is 6.42 Å². The van der Waals surface area contributed by atoms with Crippen molar-refractivity contribution in [1.82, 2.24) is 4.90 Å². The van der Waals surface area contributed by atoms with Crippen molar-refractivity contribution in [2.24, 2.45) is 0 Å². The van der Waals surface area contributed by atoms with E-state index in [1.807, 2.05) is 75.4 Å². The van der Waals surface area contributed by atoms with Crippen molar-refractivity contribution in [2.45, 2.75) is 33.2 Å². The zero-order valence-electron chi connectivity index (χ0n) is 22.3. The first-order valence-electron chi connectivity index (χ1n) is 12.7. The predicted octanol–water partition coefficient (Wildman–Crippen LogP) is 5.61. The second kappa shape index (κ2) is 10.2. The second-order valence-electron chi connectivity index (χ2n) is 9.45. The van der Waals surface area contributed by atoms with Crippen LogP contribution in [0, 0.1) is 13.8 Å². The van der Waals surface area contributed by atoms with Crippen molar-refractivity contribution in [3.8, 4) is 17.2 Å². The van der Waals surface area contributed by atoms with Crippen LogP contribution in [0.5, 0.6) is 17.2 Å². The van der Waals surface area contributed by atoms with E-state index in [-0.39, 0.29) is 17.1 Å². The van der Waals surface area contributed by atoms with E-state index in [0.29, 0.717) is 47.6 Å². The van der Waals surface area contributed by atoms with Crippen LogP contribution in [0.15, 0.2) is 63.8 Å². The number of carbonyl (C=O) groups excluding carboxylic acids is 1. The number of ether oxygens (including phenoxy) is 3. The van der Waals surface area contributed by atoms with E-state index >= 15 is 0 Å². The monoisotopic (exact) mass is 513 g/mol. The fourth-order valence-electron chi connectivity index (χ4n) is 5.05. The summed E-state index contributed by atoms with van der Waals surface area (Å²) in [7, 11) is 3.19. The van der Waals surface area contributed by atoms with Crippen LogP contribution < -0.4 is 19.6 Å².